The highest BCUT2D eigenvalue weighted by molar-refractivity contribution is 7.02. The van der Waals surface area contributed by atoms with Crippen LogP contribution in [0.3, 0.4) is 0 Å². The Balaban J connectivity index is 1.24. The van der Waals surface area contributed by atoms with Crippen LogP contribution in [0.1, 0.15) is 22.3 Å². The van der Waals surface area contributed by atoms with Gasteiger partial charge >= 0.3 is 0 Å². The number of hydrogen-bond acceptors (Lipinski definition) is 0. The molecule has 0 aliphatic carbocycles. The van der Waals surface area contributed by atoms with E-state index >= 15 is 0 Å². The minimum Gasteiger partial charge on any atom is -0.295 e. The number of aromatic nitrogens is 4. The summed E-state index contributed by atoms with van der Waals surface area (Å²) in [5.41, 5.74) is 26.9. The van der Waals surface area contributed by atoms with E-state index in [0.717, 1.165) is 0 Å². The Bertz CT molecular complexity index is 3280. The molecular weight excluding hydrogens is 667 g/mol. The molecule has 0 spiro atoms. The van der Waals surface area contributed by atoms with Crippen molar-refractivity contribution in [1.29, 1.82) is 0 Å². The van der Waals surface area contributed by atoms with E-state index in [1.165, 1.54) is 127 Å². The van der Waals surface area contributed by atoms with Gasteiger partial charge in [-0.2, -0.15) is 0 Å². The van der Waals surface area contributed by atoms with Gasteiger partial charge in [-0.05, 0) is 138 Å². The summed E-state index contributed by atoms with van der Waals surface area (Å²) in [6.45, 7) is 8.83. The molecule has 4 nitrogen and oxygen atoms in total. The molecular formula is C50H35BN4. The van der Waals surface area contributed by atoms with Gasteiger partial charge in [0.1, 0.15) is 11.3 Å². The third kappa shape index (κ3) is 3.64. The van der Waals surface area contributed by atoms with Crippen LogP contribution in [0, 0.1) is 27.7 Å². The van der Waals surface area contributed by atoms with Crippen LogP contribution in [0.4, 0.5) is 0 Å². The van der Waals surface area contributed by atoms with Crippen molar-refractivity contribution in [3.63, 3.8) is 0 Å². The lowest BCUT2D eigenvalue weighted by Gasteiger charge is -2.31. The van der Waals surface area contributed by atoms with Gasteiger partial charge < -0.3 is 0 Å². The summed E-state index contributed by atoms with van der Waals surface area (Å²) >= 11 is 0. The molecule has 13 rings (SSSR count). The Morgan fingerprint density at radius 3 is 1.20 bits per heavy atom. The second-order valence-corrected chi connectivity index (χ2v) is 16.2. The van der Waals surface area contributed by atoms with Gasteiger partial charge in [-0.1, -0.05) is 101 Å². The van der Waals surface area contributed by atoms with Crippen LogP contribution < -0.4 is 16.4 Å². The lowest BCUT2D eigenvalue weighted by Crippen LogP contribution is -2.59. The molecule has 4 aromatic heterocycles. The van der Waals surface area contributed by atoms with Gasteiger partial charge in [0.15, 0.2) is 0 Å². The number of benzene rings is 7. The average molecular weight is 703 g/mol. The number of imidazole rings is 2. The van der Waals surface area contributed by atoms with Crippen molar-refractivity contribution in [1.82, 2.24) is 17.9 Å². The van der Waals surface area contributed by atoms with Gasteiger partial charge in [0.05, 0.1) is 33.1 Å². The molecule has 11 aromatic rings. The Morgan fingerprint density at radius 1 is 0.345 bits per heavy atom. The molecule has 0 saturated carbocycles. The molecule has 258 valence electrons. The van der Waals surface area contributed by atoms with E-state index in [2.05, 4.69) is 185 Å². The highest BCUT2D eigenvalue weighted by atomic mass is 15.2. The van der Waals surface area contributed by atoms with E-state index in [9.17, 15) is 0 Å². The molecule has 0 unspecified atom stereocenters. The van der Waals surface area contributed by atoms with Gasteiger partial charge in [-0.15, -0.1) is 0 Å². The maximum Gasteiger partial charge on any atom is 0.258 e. The fourth-order valence-corrected chi connectivity index (χ4v) is 10.8. The van der Waals surface area contributed by atoms with Crippen LogP contribution in [-0.4, -0.2) is 24.6 Å². The van der Waals surface area contributed by atoms with Crippen molar-refractivity contribution in [2.45, 2.75) is 27.7 Å². The monoisotopic (exact) mass is 702 g/mol. The molecule has 5 heteroatoms. The van der Waals surface area contributed by atoms with E-state index in [-0.39, 0.29) is 6.71 Å². The molecule has 0 N–H and O–H groups in total. The standard InChI is InChI=1S/C50H35BN4/c1-28-20-29(2)23-34(22-28)32-16-18-38-36(26-32)46-49-52(38)40-10-5-7-12-42(40)54(49)44-14-9-15-45-48(44)51(46)47-37-27-33(35-24-30(3)21-31(4)25-35)17-19-39(37)53-41-11-6-8-13-43(41)55(45)50(47)53/h5-27H,1-4H3. The van der Waals surface area contributed by atoms with Crippen molar-refractivity contribution < 1.29 is 0 Å². The average Bonchev–Trinajstić information content (AvgIpc) is 3.91. The van der Waals surface area contributed by atoms with Gasteiger partial charge in [0.2, 0.25) is 0 Å². The molecule has 0 fully saturated rings. The van der Waals surface area contributed by atoms with Gasteiger partial charge in [-0.25, -0.2) is 0 Å². The summed E-state index contributed by atoms with van der Waals surface area (Å²) in [6.07, 6.45) is 0. The van der Waals surface area contributed by atoms with Crippen molar-refractivity contribution in [3.8, 4) is 33.6 Å². The van der Waals surface area contributed by atoms with E-state index in [4.69, 9.17) is 0 Å². The first-order valence-electron chi connectivity index (χ1n) is 19.4. The predicted octanol–water partition coefficient (Wildman–Crippen LogP) is 10.1. The summed E-state index contributed by atoms with van der Waals surface area (Å²) in [6, 6.07) is 53.1. The second kappa shape index (κ2) is 10.1. The highest BCUT2D eigenvalue weighted by Crippen LogP contribution is 2.40. The largest absolute Gasteiger partial charge is 0.295 e. The van der Waals surface area contributed by atoms with Crippen molar-refractivity contribution in [2.24, 2.45) is 0 Å². The zero-order valence-corrected chi connectivity index (χ0v) is 31.1. The lowest BCUT2D eigenvalue weighted by atomic mass is 9.34. The molecule has 0 saturated heterocycles. The summed E-state index contributed by atoms with van der Waals surface area (Å²) in [4.78, 5) is 0. The fourth-order valence-electron chi connectivity index (χ4n) is 10.8. The number of nitrogens with zero attached hydrogens (tertiary/aromatic N) is 4. The topological polar surface area (TPSA) is 18.7 Å². The van der Waals surface area contributed by atoms with Crippen LogP contribution in [0.5, 0.6) is 0 Å². The molecule has 2 aliphatic heterocycles. The first-order chi connectivity index (χ1) is 26.9. The smallest absolute Gasteiger partial charge is 0.258 e. The van der Waals surface area contributed by atoms with Crippen LogP contribution in [0.2, 0.25) is 0 Å². The SMILES string of the molecule is Cc1cc(C)cc(-c2ccc3c(c2)c2c4n(c5ccccc5n34)-c3cccc4c3B2c2c3cc(-c5cc(C)cc(C)c5)ccc3n3c5ccccc5n-4c23)c1. The van der Waals surface area contributed by atoms with E-state index < -0.39 is 0 Å². The summed E-state index contributed by atoms with van der Waals surface area (Å²) in [5, 5.41) is 2.64. The second-order valence-electron chi connectivity index (χ2n) is 16.2. The number of para-hydroxylation sites is 4. The molecule has 0 bridgehead atoms. The maximum atomic E-state index is 2.56. The van der Waals surface area contributed by atoms with Crippen molar-refractivity contribution in [2.75, 3.05) is 0 Å². The van der Waals surface area contributed by atoms with E-state index in [1.807, 2.05) is 0 Å². The van der Waals surface area contributed by atoms with Crippen molar-refractivity contribution in [3.05, 3.63) is 162 Å². The minimum absolute atomic E-state index is 0.0174. The molecule has 55 heavy (non-hydrogen) atoms. The normalized spacial score (nSPS) is 13.1. The van der Waals surface area contributed by atoms with Crippen molar-refractivity contribution >= 4 is 78.3 Å². The predicted molar refractivity (Wildman–Crippen MR) is 232 cm³/mol. The number of rotatable bonds is 2. The molecule has 0 amide bonds. The van der Waals surface area contributed by atoms with Crippen LogP contribution in [0.25, 0.3) is 88.8 Å². The third-order valence-electron chi connectivity index (χ3n) is 12.6. The Kier molecular flexibility index (Phi) is 5.44. The quantitative estimate of drug-likeness (QED) is 0.160. The van der Waals surface area contributed by atoms with Gasteiger partial charge in [0.25, 0.3) is 6.71 Å². The maximum absolute atomic E-state index is 2.56. The summed E-state index contributed by atoms with van der Waals surface area (Å²) < 4.78 is 10.2. The van der Waals surface area contributed by atoms with Gasteiger partial charge in [-0.3, -0.25) is 17.9 Å². The third-order valence-corrected chi connectivity index (χ3v) is 12.6. The van der Waals surface area contributed by atoms with Crippen LogP contribution in [-0.2, 0) is 0 Å². The minimum atomic E-state index is 0.0174. The van der Waals surface area contributed by atoms with E-state index in [0.29, 0.717) is 0 Å². The Labute approximate surface area is 318 Å². The van der Waals surface area contributed by atoms with E-state index in [1.54, 1.807) is 0 Å². The fraction of sp³-hybridized carbons (Fsp3) is 0.0800. The van der Waals surface area contributed by atoms with Crippen LogP contribution in [0.15, 0.2) is 140 Å². The molecule has 7 aromatic carbocycles. The number of aryl methyl sites for hydroxylation is 4. The molecule has 6 heterocycles. The Morgan fingerprint density at radius 2 is 0.764 bits per heavy atom. The zero-order valence-electron chi connectivity index (χ0n) is 31.1. The van der Waals surface area contributed by atoms with Gasteiger partial charge in [0, 0.05) is 11.4 Å². The molecule has 0 atom stereocenters. The Hall–Kier alpha value is -6.72. The molecule has 2 aliphatic rings. The molecule has 0 radical (unpaired) electrons. The zero-order chi connectivity index (χ0) is 36.4. The number of fused-ring (bicyclic) bond motifs is 16. The number of hydrogen-bond donors (Lipinski definition) is 0. The first kappa shape index (κ1) is 29.7. The van der Waals surface area contributed by atoms with Crippen LogP contribution >= 0.6 is 0 Å². The first-order valence-corrected chi connectivity index (χ1v) is 19.4. The highest BCUT2D eigenvalue weighted by Gasteiger charge is 2.44. The lowest BCUT2D eigenvalue weighted by molar-refractivity contribution is 1.12. The summed E-state index contributed by atoms with van der Waals surface area (Å²) in [7, 11) is 0. The summed E-state index contributed by atoms with van der Waals surface area (Å²) in [5.74, 6) is 0.